The number of carboxylic acid groups (broad SMARTS) is 1. The van der Waals surface area contributed by atoms with Crippen molar-refractivity contribution in [3.05, 3.63) is 26.4 Å². The van der Waals surface area contributed by atoms with Crippen LogP contribution in [0.5, 0.6) is 0 Å². The van der Waals surface area contributed by atoms with E-state index in [1.54, 1.807) is 4.90 Å². The number of fused-ring (bicyclic) bond motifs is 1. The van der Waals surface area contributed by atoms with E-state index in [2.05, 4.69) is 0 Å². The Bertz CT molecular complexity index is 847. The molecule has 23 heavy (non-hydrogen) atoms. The average Bonchev–Trinajstić information content (AvgIpc) is 3.06. The van der Waals surface area contributed by atoms with Crippen LogP contribution in [-0.4, -0.2) is 33.3 Å². The summed E-state index contributed by atoms with van der Waals surface area (Å²) in [5, 5.41) is 19.0. The molecular weight excluding hydrogens is 300 g/mol. The zero-order chi connectivity index (χ0) is 16.9. The van der Waals surface area contributed by atoms with Gasteiger partial charge in [0.05, 0.1) is 5.41 Å². The molecule has 1 aliphatic carbocycles. The minimum atomic E-state index is -0.843. The largest absolute Gasteiger partial charge is 0.481 e. The van der Waals surface area contributed by atoms with Crippen LogP contribution in [0.15, 0.2) is 9.59 Å². The summed E-state index contributed by atoms with van der Waals surface area (Å²) >= 11 is 0. The molecule has 0 amide bonds. The Hall–Kier alpha value is -2.56. The number of aliphatic carboxylic acids is 1. The van der Waals surface area contributed by atoms with E-state index >= 15 is 0 Å². The normalized spacial score (nSPS) is 26.1. The molecule has 1 N–H and O–H groups in total. The van der Waals surface area contributed by atoms with E-state index in [9.17, 15) is 24.8 Å². The fourth-order valence-electron chi connectivity index (χ4n) is 4.10. The minimum absolute atomic E-state index is 0.0225. The predicted molar refractivity (Wildman–Crippen MR) is 81.3 cm³/mol. The van der Waals surface area contributed by atoms with Crippen molar-refractivity contribution in [2.75, 3.05) is 18.0 Å². The van der Waals surface area contributed by atoms with Gasteiger partial charge in [0, 0.05) is 27.2 Å². The third-order valence-electron chi connectivity index (χ3n) is 5.34. The second kappa shape index (κ2) is 4.98. The third-order valence-corrected chi connectivity index (χ3v) is 5.34. The van der Waals surface area contributed by atoms with Crippen LogP contribution in [0.3, 0.4) is 0 Å². The molecule has 0 aromatic carbocycles. The van der Waals surface area contributed by atoms with Crippen LogP contribution < -0.4 is 16.1 Å². The lowest BCUT2D eigenvalue weighted by molar-refractivity contribution is -0.149. The number of anilines is 1. The first-order valence-corrected chi connectivity index (χ1v) is 7.52. The topological polar surface area (TPSA) is 108 Å². The zero-order valence-electron chi connectivity index (χ0n) is 13.1. The monoisotopic (exact) mass is 318 g/mol. The van der Waals surface area contributed by atoms with Gasteiger partial charge in [0.25, 0.3) is 5.56 Å². The molecule has 1 aromatic heterocycles. The number of nitriles is 1. The van der Waals surface area contributed by atoms with Crippen molar-refractivity contribution in [1.82, 2.24) is 9.13 Å². The number of aromatic nitrogens is 2. The maximum absolute atomic E-state index is 12.2. The first-order valence-electron chi connectivity index (χ1n) is 7.52. The summed E-state index contributed by atoms with van der Waals surface area (Å²) in [4.78, 5) is 37.9. The van der Waals surface area contributed by atoms with E-state index in [-0.39, 0.29) is 23.8 Å². The lowest BCUT2D eigenvalue weighted by atomic mass is 9.81. The Morgan fingerprint density at radius 2 is 2.04 bits per heavy atom. The molecule has 2 aliphatic rings. The highest BCUT2D eigenvalue weighted by molar-refractivity contribution is 5.78. The Balaban J connectivity index is 2.16. The van der Waals surface area contributed by atoms with Crippen LogP contribution in [0.25, 0.3) is 0 Å². The smallest absolute Gasteiger partial charge is 0.332 e. The van der Waals surface area contributed by atoms with E-state index in [4.69, 9.17) is 0 Å². The highest BCUT2D eigenvalue weighted by Crippen LogP contribution is 2.49. The molecule has 0 bridgehead atoms. The fraction of sp³-hybridized carbons (Fsp3) is 0.600. The summed E-state index contributed by atoms with van der Waals surface area (Å²) < 4.78 is 2.16. The summed E-state index contributed by atoms with van der Waals surface area (Å²) in [6.07, 6.45) is 2.26. The second-order valence-electron chi connectivity index (χ2n) is 6.45. The number of carboxylic acids is 1. The highest BCUT2D eigenvalue weighted by Gasteiger charge is 2.55. The molecule has 0 spiro atoms. The van der Waals surface area contributed by atoms with Crippen LogP contribution >= 0.6 is 0 Å². The van der Waals surface area contributed by atoms with Gasteiger partial charge in [0.1, 0.15) is 11.9 Å². The standard InChI is InChI=1S/C15H18N4O4/c1-17-11(10(6-16)12(20)18(2)14(17)23)19-7-9-4-3-5-15(9,8-19)13(21)22/h9H,3-5,7-8H2,1-2H3,(H,21,22)/t9-,15+/m0/s1. The van der Waals surface area contributed by atoms with Crippen LogP contribution in [0.2, 0.25) is 0 Å². The molecule has 0 unspecified atom stereocenters. The van der Waals surface area contributed by atoms with Crippen LogP contribution in [0.1, 0.15) is 24.8 Å². The fourth-order valence-corrected chi connectivity index (χ4v) is 4.10. The number of hydrogen-bond donors (Lipinski definition) is 1. The van der Waals surface area contributed by atoms with Gasteiger partial charge in [0.15, 0.2) is 5.56 Å². The van der Waals surface area contributed by atoms with E-state index in [0.29, 0.717) is 13.0 Å². The number of rotatable bonds is 2. The summed E-state index contributed by atoms with van der Waals surface area (Å²) in [7, 11) is 2.83. The molecule has 2 fully saturated rings. The first-order chi connectivity index (χ1) is 10.8. The van der Waals surface area contributed by atoms with Crippen molar-refractivity contribution in [3.63, 3.8) is 0 Å². The van der Waals surface area contributed by atoms with Gasteiger partial charge in [-0.15, -0.1) is 0 Å². The summed E-state index contributed by atoms with van der Waals surface area (Å²) in [6, 6.07) is 1.87. The second-order valence-corrected chi connectivity index (χ2v) is 6.45. The van der Waals surface area contributed by atoms with Crippen molar-refractivity contribution in [3.8, 4) is 6.07 Å². The molecule has 2 heterocycles. The summed E-state index contributed by atoms with van der Waals surface area (Å²) in [5.74, 6) is -0.629. The lowest BCUT2D eigenvalue weighted by Crippen LogP contribution is -2.43. The Morgan fingerprint density at radius 1 is 1.35 bits per heavy atom. The summed E-state index contributed by atoms with van der Waals surface area (Å²) in [6.45, 7) is 0.670. The number of nitrogens with zero attached hydrogens (tertiary/aromatic N) is 4. The van der Waals surface area contributed by atoms with Gasteiger partial charge in [-0.2, -0.15) is 5.26 Å². The third kappa shape index (κ3) is 1.92. The molecule has 8 nitrogen and oxygen atoms in total. The van der Waals surface area contributed by atoms with Crippen molar-refractivity contribution in [2.24, 2.45) is 25.4 Å². The van der Waals surface area contributed by atoms with Crippen molar-refractivity contribution in [2.45, 2.75) is 19.3 Å². The Morgan fingerprint density at radius 3 is 2.61 bits per heavy atom. The molecular formula is C15H18N4O4. The quantitative estimate of drug-likeness (QED) is 0.798. The lowest BCUT2D eigenvalue weighted by Gasteiger charge is -2.25. The van der Waals surface area contributed by atoms with E-state index in [1.165, 1.54) is 18.7 Å². The van der Waals surface area contributed by atoms with Gasteiger partial charge in [-0.25, -0.2) is 4.79 Å². The number of carbonyl (C=O) groups is 1. The molecule has 1 aliphatic heterocycles. The molecule has 0 radical (unpaired) electrons. The molecule has 122 valence electrons. The van der Waals surface area contributed by atoms with Crippen LogP contribution in [0, 0.1) is 22.7 Å². The molecule has 1 saturated carbocycles. The molecule has 3 rings (SSSR count). The average molecular weight is 318 g/mol. The van der Waals surface area contributed by atoms with E-state index in [1.807, 2.05) is 6.07 Å². The van der Waals surface area contributed by atoms with Crippen LogP contribution in [0.4, 0.5) is 5.82 Å². The number of hydrogen-bond acceptors (Lipinski definition) is 5. The zero-order valence-corrected chi connectivity index (χ0v) is 13.1. The molecule has 1 aromatic rings. The van der Waals surface area contributed by atoms with Gasteiger partial charge in [-0.3, -0.25) is 18.7 Å². The maximum Gasteiger partial charge on any atom is 0.332 e. The Kier molecular flexibility index (Phi) is 3.32. The summed E-state index contributed by atoms with van der Waals surface area (Å²) in [5.41, 5.74) is -2.13. The van der Waals surface area contributed by atoms with Gasteiger partial charge in [-0.1, -0.05) is 6.42 Å². The van der Waals surface area contributed by atoms with Crippen molar-refractivity contribution in [1.29, 1.82) is 5.26 Å². The minimum Gasteiger partial charge on any atom is -0.481 e. The first kappa shape index (κ1) is 15.3. The van der Waals surface area contributed by atoms with Crippen molar-refractivity contribution < 1.29 is 9.90 Å². The maximum atomic E-state index is 12.2. The highest BCUT2D eigenvalue weighted by atomic mass is 16.4. The Labute approximate surface area is 132 Å². The van der Waals surface area contributed by atoms with Gasteiger partial charge in [-0.05, 0) is 18.8 Å². The van der Waals surface area contributed by atoms with Gasteiger partial charge < -0.3 is 10.0 Å². The van der Waals surface area contributed by atoms with E-state index in [0.717, 1.165) is 17.4 Å². The van der Waals surface area contributed by atoms with Crippen molar-refractivity contribution >= 4 is 11.8 Å². The molecule has 1 saturated heterocycles. The van der Waals surface area contributed by atoms with E-state index < -0.39 is 22.6 Å². The van der Waals surface area contributed by atoms with Gasteiger partial charge in [0.2, 0.25) is 0 Å². The van der Waals surface area contributed by atoms with Gasteiger partial charge >= 0.3 is 11.7 Å². The SMILES string of the molecule is Cn1c(N2C[C@@H]3CCC[C@@]3(C(=O)O)C2)c(C#N)c(=O)n(C)c1=O. The van der Waals surface area contributed by atoms with Crippen LogP contribution in [-0.2, 0) is 18.9 Å². The molecule has 8 heteroatoms. The predicted octanol–water partition coefficient (Wildman–Crippen LogP) is -0.353. The molecule has 2 atom stereocenters.